The highest BCUT2D eigenvalue weighted by molar-refractivity contribution is 6.02. The van der Waals surface area contributed by atoms with Gasteiger partial charge in [0.2, 0.25) is 5.91 Å². The highest BCUT2D eigenvalue weighted by Crippen LogP contribution is 2.19. The maximum atomic E-state index is 12.2. The lowest BCUT2D eigenvalue weighted by atomic mass is 10.0. The molecule has 3 N–H and O–H groups in total. The summed E-state index contributed by atoms with van der Waals surface area (Å²) in [5.41, 5.74) is -0.641. The molecule has 0 fully saturated rings. The van der Waals surface area contributed by atoms with E-state index in [9.17, 15) is 24.3 Å². The second-order valence-corrected chi connectivity index (χ2v) is 11.0. The van der Waals surface area contributed by atoms with Crippen molar-refractivity contribution in [2.45, 2.75) is 129 Å². The lowest BCUT2D eigenvalue weighted by Crippen LogP contribution is -2.23. The zero-order chi connectivity index (χ0) is 28.4. The molecule has 38 heavy (non-hydrogen) atoms. The van der Waals surface area contributed by atoms with E-state index in [0.29, 0.717) is 12.8 Å². The van der Waals surface area contributed by atoms with Crippen molar-refractivity contribution < 1.29 is 34.1 Å². The van der Waals surface area contributed by atoms with Gasteiger partial charge in [-0.25, -0.2) is 9.59 Å². The van der Waals surface area contributed by atoms with Crippen LogP contribution in [0.2, 0.25) is 0 Å². The standard InChI is InChI=1S/C30H47NO7/c1-30(2,3)38-27(33)19-17-15-13-11-9-7-5-4-6-8-10-12-14-16-18-26(32)31-25-21-20-23(28(34)35)22-24(25)29(36)37/h20-22H,4-19H2,1-3H3,(H,31,32)(H,34,35)(H,36,37). The van der Waals surface area contributed by atoms with Crippen LogP contribution in [0.4, 0.5) is 5.69 Å². The minimum atomic E-state index is -1.28. The number of rotatable bonds is 20. The van der Waals surface area contributed by atoms with Gasteiger partial charge < -0.3 is 20.3 Å². The number of nitrogens with one attached hydrogen (secondary N) is 1. The Kier molecular flexibility index (Phi) is 16.0. The molecule has 0 aliphatic carbocycles. The molecule has 0 saturated heterocycles. The topological polar surface area (TPSA) is 130 Å². The van der Waals surface area contributed by atoms with Crippen molar-refractivity contribution in [1.29, 1.82) is 0 Å². The summed E-state index contributed by atoms with van der Waals surface area (Å²) < 4.78 is 5.32. The highest BCUT2D eigenvalue weighted by Gasteiger charge is 2.16. The summed E-state index contributed by atoms with van der Waals surface area (Å²) in [6.07, 6.45) is 16.6. The summed E-state index contributed by atoms with van der Waals surface area (Å²) >= 11 is 0. The zero-order valence-corrected chi connectivity index (χ0v) is 23.5. The molecule has 1 aromatic carbocycles. The van der Waals surface area contributed by atoms with Crippen molar-refractivity contribution >= 4 is 29.5 Å². The van der Waals surface area contributed by atoms with E-state index < -0.39 is 17.5 Å². The van der Waals surface area contributed by atoms with E-state index >= 15 is 0 Å². The fraction of sp³-hybridized carbons (Fsp3) is 0.667. The number of benzene rings is 1. The summed E-state index contributed by atoms with van der Waals surface area (Å²) in [6, 6.07) is 3.65. The van der Waals surface area contributed by atoms with Crippen molar-refractivity contribution in [3.63, 3.8) is 0 Å². The molecule has 0 spiro atoms. The molecule has 0 unspecified atom stereocenters. The van der Waals surface area contributed by atoms with Gasteiger partial charge in [-0.05, 0) is 51.8 Å². The number of carboxylic acids is 2. The molecule has 1 aromatic rings. The summed E-state index contributed by atoms with van der Waals surface area (Å²) in [6.45, 7) is 5.69. The number of ether oxygens (including phenoxy) is 1. The molecule has 8 nitrogen and oxygen atoms in total. The van der Waals surface area contributed by atoms with Crippen LogP contribution in [0.1, 0.15) is 144 Å². The van der Waals surface area contributed by atoms with Gasteiger partial charge in [0.1, 0.15) is 5.60 Å². The van der Waals surface area contributed by atoms with Gasteiger partial charge in [-0.3, -0.25) is 9.59 Å². The Hall–Kier alpha value is -2.90. The van der Waals surface area contributed by atoms with Crippen LogP contribution in [-0.2, 0) is 14.3 Å². The Morgan fingerprint density at radius 3 is 1.55 bits per heavy atom. The Morgan fingerprint density at radius 2 is 1.13 bits per heavy atom. The molecule has 214 valence electrons. The monoisotopic (exact) mass is 533 g/mol. The first-order chi connectivity index (χ1) is 18.0. The summed E-state index contributed by atoms with van der Waals surface area (Å²) in [5.74, 6) is -2.86. The number of amides is 1. The Morgan fingerprint density at radius 1 is 0.684 bits per heavy atom. The third kappa shape index (κ3) is 16.0. The van der Waals surface area contributed by atoms with Crippen LogP contribution in [-0.4, -0.2) is 39.6 Å². The second kappa shape index (κ2) is 18.4. The van der Waals surface area contributed by atoms with Gasteiger partial charge in [-0.2, -0.15) is 0 Å². The summed E-state index contributed by atoms with van der Waals surface area (Å²) in [7, 11) is 0. The normalized spacial score (nSPS) is 11.2. The molecular weight excluding hydrogens is 486 g/mol. The number of carboxylic acid groups (broad SMARTS) is 2. The van der Waals surface area contributed by atoms with Crippen LogP contribution in [0, 0.1) is 0 Å². The number of carbonyl (C=O) groups is 4. The molecule has 0 saturated carbocycles. The molecule has 8 heteroatoms. The van der Waals surface area contributed by atoms with Gasteiger partial charge in [0.15, 0.2) is 0 Å². The molecule has 1 amide bonds. The Bertz CT molecular complexity index is 889. The average molecular weight is 534 g/mol. The Labute approximate surface area is 227 Å². The molecule has 0 aliphatic heterocycles. The van der Waals surface area contributed by atoms with E-state index in [2.05, 4.69) is 5.32 Å². The van der Waals surface area contributed by atoms with Gasteiger partial charge in [-0.15, -0.1) is 0 Å². The first kappa shape index (κ1) is 33.1. The van der Waals surface area contributed by atoms with Crippen molar-refractivity contribution in [3.8, 4) is 0 Å². The van der Waals surface area contributed by atoms with Crippen LogP contribution < -0.4 is 5.32 Å². The van der Waals surface area contributed by atoms with Crippen molar-refractivity contribution in [1.82, 2.24) is 0 Å². The summed E-state index contributed by atoms with van der Waals surface area (Å²) in [4.78, 5) is 46.2. The number of hydrogen-bond acceptors (Lipinski definition) is 5. The minimum Gasteiger partial charge on any atom is -0.478 e. The SMILES string of the molecule is CC(C)(C)OC(=O)CCCCCCCCCCCCCCCCC(=O)Nc1ccc(C(=O)O)cc1C(=O)O. The fourth-order valence-corrected chi connectivity index (χ4v) is 4.24. The maximum Gasteiger partial charge on any atom is 0.337 e. The van der Waals surface area contributed by atoms with E-state index in [1.165, 1.54) is 63.5 Å². The minimum absolute atomic E-state index is 0.0962. The predicted molar refractivity (Wildman–Crippen MR) is 149 cm³/mol. The van der Waals surface area contributed by atoms with Crippen LogP contribution in [0.5, 0.6) is 0 Å². The van der Waals surface area contributed by atoms with E-state index in [0.717, 1.165) is 44.6 Å². The second-order valence-electron chi connectivity index (χ2n) is 11.0. The van der Waals surface area contributed by atoms with Crippen molar-refractivity contribution in [3.05, 3.63) is 29.3 Å². The number of hydrogen-bond donors (Lipinski definition) is 3. The number of unbranched alkanes of at least 4 members (excludes halogenated alkanes) is 13. The first-order valence-corrected chi connectivity index (χ1v) is 14.1. The number of anilines is 1. The van der Waals surface area contributed by atoms with Gasteiger partial charge in [0, 0.05) is 12.8 Å². The predicted octanol–water partition coefficient (Wildman–Crippen LogP) is 7.60. The van der Waals surface area contributed by atoms with Gasteiger partial charge in [0.05, 0.1) is 16.8 Å². The molecule has 0 radical (unpaired) electrons. The van der Waals surface area contributed by atoms with Crippen LogP contribution in [0.25, 0.3) is 0 Å². The van der Waals surface area contributed by atoms with Gasteiger partial charge >= 0.3 is 17.9 Å². The molecule has 0 aromatic heterocycles. The van der Waals surface area contributed by atoms with Crippen molar-refractivity contribution in [2.24, 2.45) is 0 Å². The van der Waals surface area contributed by atoms with E-state index in [1.54, 1.807) is 0 Å². The molecule has 0 aliphatic rings. The zero-order valence-electron chi connectivity index (χ0n) is 23.5. The molecule has 0 bridgehead atoms. The third-order valence-corrected chi connectivity index (χ3v) is 6.23. The van der Waals surface area contributed by atoms with Gasteiger partial charge in [-0.1, -0.05) is 77.0 Å². The maximum absolute atomic E-state index is 12.2. The van der Waals surface area contributed by atoms with Gasteiger partial charge in [0.25, 0.3) is 0 Å². The fourth-order valence-electron chi connectivity index (χ4n) is 4.24. The average Bonchev–Trinajstić information content (AvgIpc) is 2.82. The van der Waals surface area contributed by atoms with Crippen molar-refractivity contribution in [2.75, 3.05) is 5.32 Å². The highest BCUT2D eigenvalue weighted by atomic mass is 16.6. The first-order valence-electron chi connectivity index (χ1n) is 14.1. The lowest BCUT2D eigenvalue weighted by Gasteiger charge is -2.19. The molecular formula is C30H47NO7. The van der Waals surface area contributed by atoms with Crippen LogP contribution >= 0.6 is 0 Å². The lowest BCUT2D eigenvalue weighted by molar-refractivity contribution is -0.154. The molecule has 0 heterocycles. The number of esters is 1. The van der Waals surface area contributed by atoms with E-state index in [-0.39, 0.29) is 28.7 Å². The van der Waals surface area contributed by atoms with E-state index in [4.69, 9.17) is 9.84 Å². The third-order valence-electron chi connectivity index (χ3n) is 6.23. The molecule has 0 atom stereocenters. The largest absolute Gasteiger partial charge is 0.478 e. The number of carbonyl (C=O) groups excluding carboxylic acids is 2. The Balaban J connectivity index is 1.97. The smallest absolute Gasteiger partial charge is 0.337 e. The quantitative estimate of drug-likeness (QED) is 0.116. The van der Waals surface area contributed by atoms with Crippen LogP contribution in [0.15, 0.2) is 18.2 Å². The van der Waals surface area contributed by atoms with Crippen LogP contribution in [0.3, 0.4) is 0 Å². The summed E-state index contributed by atoms with van der Waals surface area (Å²) in [5, 5.41) is 20.9. The van der Waals surface area contributed by atoms with E-state index in [1.807, 2.05) is 20.8 Å². The molecule has 1 rings (SSSR count). The number of aromatic carboxylic acids is 2.